The lowest BCUT2D eigenvalue weighted by Gasteiger charge is -2.37. The van der Waals surface area contributed by atoms with Crippen molar-refractivity contribution in [2.75, 3.05) is 19.9 Å². The molecular weight excluding hydrogens is 447 g/mol. The molecule has 10 heteroatoms. The standard InChI is InChI=1S/C16H13BrClFN4O2S/c17-9-2-10(13(15(20)24)21-4-9)8-1-11(14(18)22-3-8)16(6-19)7-25-5-12(26)23-16/h1-4H,5-7H2,(H2,20,24)(H,23,26). The number of hydrogen-bond donors (Lipinski definition) is 2. The second-order valence-electron chi connectivity index (χ2n) is 5.73. The number of nitrogens with two attached hydrogens (primary N) is 1. The molecular formula is C16H13BrClFN4O2S. The second-order valence-corrected chi connectivity index (χ2v) is 7.50. The molecule has 0 bridgehead atoms. The summed E-state index contributed by atoms with van der Waals surface area (Å²) in [7, 11) is 0. The molecule has 1 unspecified atom stereocenters. The van der Waals surface area contributed by atoms with Crippen molar-refractivity contribution in [3.63, 3.8) is 0 Å². The van der Waals surface area contributed by atoms with Crippen LogP contribution in [0.1, 0.15) is 16.1 Å². The monoisotopic (exact) mass is 458 g/mol. The van der Waals surface area contributed by atoms with Crippen molar-refractivity contribution in [1.29, 1.82) is 0 Å². The molecule has 6 nitrogen and oxygen atoms in total. The van der Waals surface area contributed by atoms with E-state index in [0.717, 1.165) is 0 Å². The Hall–Kier alpha value is -1.68. The van der Waals surface area contributed by atoms with E-state index in [1.54, 1.807) is 12.1 Å². The Morgan fingerprint density at radius 3 is 2.88 bits per heavy atom. The fourth-order valence-corrected chi connectivity index (χ4v) is 3.63. The topological polar surface area (TPSA) is 90.1 Å². The predicted molar refractivity (Wildman–Crippen MR) is 103 cm³/mol. The first kappa shape index (κ1) is 19.1. The molecule has 0 spiro atoms. The Kier molecular flexibility index (Phi) is 5.52. The summed E-state index contributed by atoms with van der Waals surface area (Å²) in [6, 6.07) is 3.31. The number of aromatic nitrogens is 2. The zero-order valence-electron chi connectivity index (χ0n) is 13.3. The first-order chi connectivity index (χ1) is 12.4. The summed E-state index contributed by atoms with van der Waals surface area (Å²) in [5, 5.41) is 3.06. The van der Waals surface area contributed by atoms with Gasteiger partial charge in [0.05, 0.1) is 13.2 Å². The first-order valence-corrected chi connectivity index (χ1v) is 9.01. The molecule has 1 fully saturated rings. The minimum atomic E-state index is -1.25. The normalized spacial score (nSPS) is 19.9. The Balaban J connectivity index is 2.16. The SMILES string of the molecule is NC(=O)c1ncc(Br)cc1-c1cnc(Cl)c(C2(CF)COCC(=S)N2)c1. The van der Waals surface area contributed by atoms with Gasteiger partial charge in [-0.15, -0.1) is 0 Å². The van der Waals surface area contributed by atoms with Crippen LogP contribution in [0.4, 0.5) is 4.39 Å². The number of halogens is 3. The fraction of sp³-hybridized carbons (Fsp3) is 0.250. The molecule has 2 aromatic heterocycles. The van der Waals surface area contributed by atoms with Gasteiger partial charge in [-0.05, 0) is 28.1 Å². The molecule has 1 saturated heterocycles. The van der Waals surface area contributed by atoms with Gasteiger partial charge in [-0.3, -0.25) is 4.79 Å². The maximum Gasteiger partial charge on any atom is 0.267 e. The molecule has 136 valence electrons. The fourth-order valence-electron chi connectivity index (χ4n) is 2.73. The average molecular weight is 460 g/mol. The lowest BCUT2D eigenvalue weighted by atomic mass is 9.90. The number of hydrogen-bond acceptors (Lipinski definition) is 5. The Bertz CT molecular complexity index is 901. The minimum absolute atomic E-state index is 0.0356. The third-order valence-corrected chi connectivity index (χ3v) is 4.90. The van der Waals surface area contributed by atoms with Crippen LogP contribution in [0.15, 0.2) is 29.0 Å². The summed E-state index contributed by atoms with van der Waals surface area (Å²) in [5.41, 5.74) is 5.57. The molecule has 1 aliphatic rings. The number of nitrogens with one attached hydrogen (secondary N) is 1. The molecule has 0 saturated carbocycles. The van der Waals surface area contributed by atoms with Crippen molar-refractivity contribution in [3.8, 4) is 11.1 Å². The average Bonchev–Trinajstić information content (AvgIpc) is 2.61. The Labute approximate surface area is 167 Å². The van der Waals surface area contributed by atoms with Gasteiger partial charge in [-0.25, -0.2) is 14.4 Å². The smallest absolute Gasteiger partial charge is 0.267 e. The second kappa shape index (κ2) is 7.51. The van der Waals surface area contributed by atoms with Gasteiger partial charge >= 0.3 is 0 Å². The van der Waals surface area contributed by atoms with E-state index in [9.17, 15) is 9.18 Å². The number of alkyl halides is 1. The highest BCUT2D eigenvalue weighted by atomic mass is 79.9. The first-order valence-electron chi connectivity index (χ1n) is 7.43. The number of carbonyl (C=O) groups excluding carboxylic acids is 1. The van der Waals surface area contributed by atoms with Gasteiger partial charge in [-0.1, -0.05) is 23.8 Å². The van der Waals surface area contributed by atoms with E-state index in [2.05, 4.69) is 31.2 Å². The maximum atomic E-state index is 14.0. The van der Waals surface area contributed by atoms with E-state index in [1.807, 2.05) is 0 Å². The number of amides is 1. The van der Waals surface area contributed by atoms with Crippen molar-refractivity contribution >= 4 is 50.6 Å². The maximum absolute atomic E-state index is 14.0. The third kappa shape index (κ3) is 3.57. The molecule has 26 heavy (non-hydrogen) atoms. The van der Waals surface area contributed by atoms with E-state index < -0.39 is 18.1 Å². The number of rotatable bonds is 4. The number of nitrogens with zero attached hydrogens (tertiary/aromatic N) is 2. The minimum Gasteiger partial charge on any atom is -0.371 e. The summed E-state index contributed by atoms with van der Waals surface area (Å²) in [5.74, 6) is -0.690. The summed E-state index contributed by atoms with van der Waals surface area (Å²) in [6.07, 6.45) is 2.93. The van der Waals surface area contributed by atoms with Gasteiger partial charge < -0.3 is 15.8 Å². The van der Waals surface area contributed by atoms with Crippen molar-refractivity contribution in [2.24, 2.45) is 5.73 Å². The molecule has 0 radical (unpaired) electrons. The summed E-state index contributed by atoms with van der Waals surface area (Å²) in [6.45, 7) is -0.561. The van der Waals surface area contributed by atoms with Crippen LogP contribution in [0, 0.1) is 0 Å². The highest BCUT2D eigenvalue weighted by molar-refractivity contribution is 9.10. The number of primary amides is 1. The van der Waals surface area contributed by atoms with Crippen molar-refractivity contribution in [1.82, 2.24) is 15.3 Å². The molecule has 3 rings (SSSR count). The molecule has 0 aliphatic carbocycles. The van der Waals surface area contributed by atoms with Gasteiger partial charge in [0.2, 0.25) is 0 Å². The van der Waals surface area contributed by atoms with E-state index in [0.29, 0.717) is 26.2 Å². The summed E-state index contributed by atoms with van der Waals surface area (Å²) >= 11 is 14.7. The van der Waals surface area contributed by atoms with Crippen LogP contribution in [0.3, 0.4) is 0 Å². The lowest BCUT2D eigenvalue weighted by molar-refractivity contribution is 0.0631. The highest BCUT2D eigenvalue weighted by Crippen LogP contribution is 2.34. The van der Waals surface area contributed by atoms with Gasteiger partial charge in [-0.2, -0.15) is 0 Å². The number of pyridine rings is 2. The van der Waals surface area contributed by atoms with Crippen LogP contribution in [-0.2, 0) is 10.3 Å². The molecule has 1 aliphatic heterocycles. The van der Waals surface area contributed by atoms with Gasteiger partial charge in [0.1, 0.15) is 28.0 Å². The molecule has 3 heterocycles. The number of thiocarbonyl (C=S) groups is 1. The van der Waals surface area contributed by atoms with E-state index in [1.165, 1.54) is 12.4 Å². The van der Waals surface area contributed by atoms with Crippen LogP contribution >= 0.6 is 39.7 Å². The Morgan fingerprint density at radius 1 is 1.46 bits per heavy atom. The predicted octanol–water partition coefficient (Wildman–Crippen LogP) is 2.77. The summed E-state index contributed by atoms with van der Waals surface area (Å²) < 4.78 is 20.0. The van der Waals surface area contributed by atoms with Crippen molar-refractivity contribution in [2.45, 2.75) is 5.54 Å². The lowest BCUT2D eigenvalue weighted by Crippen LogP contribution is -2.55. The number of carbonyl (C=O) groups is 1. The summed E-state index contributed by atoms with van der Waals surface area (Å²) in [4.78, 5) is 20.3. The molecule has 0 aromatic carbocycles. The van der Waals surface area contributed by atoms with Crippen LogP contribution in [-0.4, -0.2) is 40.8 Å². The van der Waals surface area contributed by atoms with Crippen LogP contribution in [0.2, 0.25) is 5.15 Å². The van der Waals surface area contributed by atoms with Crippen LogP contribution in [0.5, 0.6) is 0 Å². The zero-order valence-corrected chi connectivity index (χ0v) is 16.4. The zero-order chi connectivity index (χ0) is 18.9. The molecule has 1 amide bonds. The molecule has 2 aromatic rings. The van der Waals surface area contributed by atoms with Gasteiger partial charge in [0, 0.05) is 33.6 Å². The van der Waals surface area contributed by atoms with Gasteiger partial charge in [0.15, 0.2) is 0 Å². The Morgan fingerprint density at radius 2 is 2.23 bits per heavy atom. The number of ether oxygens (including phenoxy) is 1. The van der Waals surface area contributed by atoms with Crippen molar-refractivity contribution < 1.29 is 13.9 Å². The van der Waals surface area contributed by atoms with Gasteiger partial charge in [0.25, 0.3) is 5.91 Å². The third-order valence-electron chi connectivity index (χ3n) is 3.94. The van der Waals surface area contributed by atoms with E-state index in [-0.39, 0.29) is 24.1 Å². The van der Waals surface area contributed by atoms with Crippen molar-refractivity contribution in [3.05, 3.63) is 45.4 Å². The number of morpholine rings is 1. The van der Waals surface area contributed by atoms with Crippen LogP contribution < -0.4 is 11.1 Å². The van der Waals surface area contributed by atoms with E-state index >= 15 is 0 Å². The molecule has 3 N–H and O–H groups in total. The van der Waals surface area contributed by atoms with Crippen LogP contribution in [0.25, 0.3) is 11.1 Å². The van der Waals surface area contributed by atoms with E-state index in [4.69, 9.17) is 34.3 Å². The molecule has 1 atom stereocenters. The highest BCUT2D eigenvalue weighted by Gasteiger charge is 2.39. The largest absolute Gasteiger partial charge is 0.371 e. The quantitative estimate of drug-likeness (QED) is 0.540.